The van der Waals surface area contributed by atoms with Crippen molar-refractivity contribution in [2.45, 2.75) is 0 Å². The number of hydrogen-bond donors (Lipinski definition) is 0. The van der Waals surface area contributed by atoms with Crippen molar-refractivity contribution in [1.29, 1.82) is 0 Å². The summed E-state index contributed by atoms with van der Waals surface area (Å²) >= 11 is 0. The van der Waals surface area contributed by atoms with Crippen molar-refractivity contribution < 1.29 is 4.42 Å². The average Bonchev–Trinajstić information content (AvgIpc) is 3.56. The summed E-state index contributed by atoms with van der Waals surface area (Å²) in [5, 5.41) is 9.43. The molecule has 0 bridgehead atoms. The van der Waals surface area contributed by atoms with Gasteiger partial charge in [-0.05, 0) is 67.7 Å². The van der Waals surface area contributed by atoms with Crippen molar-refractivity contribution >= 4 is 54.3 Å². The number of rotatable bonds is 4. The lowest BCUT2D eigenvalue weighted by molar-refractivity contribution is 0.669. The smallest absolute Gasteiger partial charge is 0.164 e. The Balaban J connectivity index is 1.26. The molecule has 0 saturated carbocycles. The number of benzene rings is 8. The Bertz CT molecular complexity index is 2820. The highest BCUT2D eigenvalue weighted by molar-refractivity contribution is 6.29. The zero-order valence-corrected chi connectivity index (χ0v) is 26.3. The van der Waals surface area contributed by atoms with Crippen molar-refractivity contribution in [2.75, 3.05) is 0 Å². The van der Waals surface area contributed by atoms with Gasteiger partial charge < -0.3 is 4.42 Å². The van der Waals surface area contributed by atoms with Crippen LogP contribution < -0.4 is 0 Å². The van der Waals surface area contributed by atoms with Crippen molar-refractivity contribution in [1.82, 2.24) is 15.0 Å². The molecule has 0 atom stereocenters. The fraction of sp³-hybridized carbons (Fsp3) is 0. The second-order valence-corrected chi connectivity index (χ2v) is 12.4. The Hall–Kier alpha value is -6.65. The Morgan fingerprint density at radius 3 is 1.53 bits per heavy atom. The van der Waals surface area contributed by atoms with E-state index in [1.165, 1.54) is 32.5 Å². The SMILES string of the molecule is c1ccc(-c2nc(-c3ccccc3)nc(-c3ccc4c5ccccc5c5cccc(-c6ccc7oc8ccccc8c7c6)c5c4c3)n2)cc1. The summed E-state index contributed by atoms with van der Waals surface area (Å²) in [6.07, 6.45) is 0. The number of aromatic nitrogens is 3. The van der Waals surface area contributed by atoms with Crippen LogP contribution in [0.25, 0.3) is 99.5 Å². The van der Waals surface area contributed by atoms with Crippen LogP contribution in [0.2, 0.25) is 0 Å². The molecule has 10 rings (SSSR count). The summed E-state index contributed by atoms with van der Waals surface area (Å²) in [4.78, 5) is 15.0. The normalized spacial score (nSPS) is 11.7. The van der Waals surface area contributed by atoms with Gasteiger partial charge in [0.15, 0.2) is 17.5 Å². The third kappa shape index (κ3) is 4.49. The molecule has 2 heterocycles. The maximum absolute atomic E-state index is 6.19. The van der Waals surface area contributed by atoms with Gasteiger partial charge in [-0.15, -0.1) is 0 Å². The molecule has 0 unspecified atom stereocenters. The Morgan fingerprint density at radius 1 is 0.306 bits per heavy atom. The van der Waals surface area contributed by atoms with Crippen LogP contribution in [-0.2, 0) is 0 Å². The Kier molecular flexibility index (Phi) is 6.15. The molecule has 8 aromatic carbocycles. The zero-order chi connectivity index (χ0) is 32.3. The molecular weight excluding hydrogens is 599 g/mol. The predicted octanol–water partition coefficient (Wildman–Crippen LogP) is 11.9. The zero-order valence-electron chi connectivity index (χ0n) is 26.3. The quantitative estimate of drug-likeness (QED) is 0.183. The van der Waals surface area contributed by atoms with E-state index in [0.29, 0.717) is 17.5 Å². The number of nitrogens with zero attached hydrogens (tertiary/aromatic N) is 3. The van der Waals surface area contributed by atoms with Gasteiger partial charge in [-0.25, -0.2) is 15.0 Å². The Morgan fingerprint density at radius 2 is 0.816 bits per heavy atom. The van der Waals surface area contributed by atoms with Gasteiger partial charge in [0.1, 0.15) is 11.2 Å². The van der Waals surface area contributed by atoms with Crippen molar-refractivity contribution in [3.8, 4) is 45.3 Å². The van der Waals surface area contributed by atoms with Gasteiger partial charge in [-0.3, -0.25) is 0 Å². The first-order chi connectivity index (χ1) is 24.3. The molecule has 0 fully saturated rings. The standard InChI is InChI=1S/C45H27N3O/c1-3-12-28(13-4-1)43-46-44(29-14-5-2-6-15-29)48-45(47-43)31-22-24-35-33-16-7-8-17-34(33)37-20-11-19-32(42(37)39(35)27-31)30-23-25-41-38(26-30)36-18-9-10-21-40(36)49-41/h1-27H. The van der Waals surface area contributed by atoms with Gasteiger partial charge in [0.25, 0.3) is 0 Å². The second-order valence-electron chi connectivity index (χ2n) is 12.4. The van der Waals surface area contributed by atoms with Crippen LogP contribution in [0.15, 0.2) is 168 Å². The lowest BCUT2D eigenvalue weighted by atomic mass is 9.88. The van der Waals surface area contributed by atoms with Crippen LogP contribution in [0.3, 0.4) is 0 Å². The molecule has 0 aliphatic carbocycles. The third-order valence-electron chi connectivity index (χ3n) is 9.51. The van der Waals surface area contributed by atoms with E-state index in [9.17, 15) is 0 Å². The van der Waals surface area contributed by atoms with E-state index in [-0.39, 0.29) is 0 Å². The maximum Gasteiger partial charge on any atom is 0.164 e. The van der Waals surface area contributed by atoms with E-state index in [0.717, 1.165) is 49.6 Å². The maximum atomic E-state index is 6.19. The van der Waals surface area contributed by atoms with Crippen molar-refractivity contribution in [3.05, 3.63) is 164 Å². The Labute approximate surface area is 282 Å². The summed E-state index contributed by atoms with van der Waals surface area (Å²) in [5.74, 6) is 1.93. The minimum atomic E-state index is 0.639. The summed E-state index contributed by atoms with van der Waals surface area (Å²) in [6, 6.07) is 57.0. The topological polar surface area (TPSA) is 51.8 Å². The molecule has 4 nitrogen and oxygen atoms in total. The fourth-order valence-corrected chi connectivity index (χ4v) is 7.22. The molecule has 10 aromatic rings. The summed E-state index contributed by atoms with van der Waals surface area (Å²) in [5.41, 5.74) is 6.94. The van der Waals surface area contributed by atoms with Crippen LogP contribution in [-0.4, -0.2) is 15.0 Å². The van der Waals surface area contributed by atoms with Gasteiger partial charge >= 0.3 is 0 Å². The van der Waals surface area contributed by atoms with Gasteiger partial charge in [0.05, 0.1) is 0 Å². The summed E-state index contributed by atoms with van der Waals surface area (Å²) < 4.78 is 6.19. The molecule has 4 heteroatoms. The number of para-hydroxylation sites is 1. The summed E-state index contributed by atoms with van der Waals surface area (Å²) in [6.45, 7) is 0. The van der Waals surface area contributed by atoms with Crippen LogP contribution in [0.5, 0.6) is 0 Å². The minimum Gasteiger partial charge on any atom is -0.456 e. The van der Waals surface area contributed by atoms with E-state index in [4.69, 9.17) is 19.4 Å². The van der Waals surface area contributed by atoms with Gasteiger partial charge in [-0.1, -0.05) is 140 Å². The van der Waals surface area contributed by atoms with Gasteiger partial charge in [0.2, 0.25) is 0 Å². The van der Waals surface area contributed by atoms with Gasteiger partial charge in [-0.2, -0.15) is 0 Å². The fourth-order valence-electron chi connectivity index (χ4n) is 7.22. The van der Waals surface area contributed by atoms with Gasteiger partial charge in [0, 0.05) is 27.5 Å². The summed E-state index contributed by atoms with van der Waals surface area (Å²) in [7, 11) is 0. The first kappa shape index (κ1) is 27.5. The molecule has 49 heavy (non-hydrogen) atoms. The highest BCUT2D eigenvalue weighted by Crippen LogP contribution is 2.42. The van der Waals surface area contributed by atoms with E-state index in [1.54, 1.807) is 0 Å². The van der Waals surface area contributed by atoms with E-state index in [2.05, 4.69) is 91.0 Å². The first-order valence-corrected chi connectivity index (χ1v) is 16.4. The van der Waals surface area contributed by atoms with Crippen molar-refractivity contribution in [2.24, 2.45) is 0 Å². The monoisotopic (exact) mass is 625 g/mol. The van der Waals surface area contributed by atoms with E-state index >= 15 is 0 Å². The second kappa shape index (κ2) is 11.0. The number of fused-ring (bicyclic) bond motifs is 9. The molecule has 228 valence electrons. The lowest BCUT2D eigenvalue weighted by Crippen LogP contribution is -2.00. The molecule has 2 aromatic heterocycles. The highest BCUT2D eigenvalue weighted by atomic mass is 16.3. The van der Waals surface area contributed by atoms with E-state index < -0.39 is 0 Å². The molecule has 0 aliphatic heterocycles. The molecular formula is C45H27N3O. The molecule has 0 spiro atoms. The first-order valence-electron chi connectivity index (χ1n) is 16.4. The highest BCUT2D eigenvalue weighted by Gasteiger charge is 2.17. The van der Waals surface area contributed by atoms with Crippen molar-refractivity contribution in [3.63, 3.8) is 0 Å². The van der Waals surface area contributed by atoms with Crippen LogP contribution in [0.1, 0.15) is 0 Å². The molecule has 0 amide bonds. The molecule has 0 saturated heterocycles. The third-order valence-corrected chi connectivity index (χ3v) is 9.51. The average molecular weight is 626 g/mol. The van der Waals surface area contributed by atoms with Crippen LogP contribution >= 0.6 is 0 Å². The molecule has 0 N–H and O–H groups in total. The lowest BCUT2D eigenvalue weighted by Gasteiger charge is -2.15. The van der Waals surface area contributed by atoms with Crippen LogP contribution in [0, 0.1) is 0 Å². The predicted molar refractivity (Wildman–Crippen MR) is 201 cm³/mol. The minimum absolute atomic E-state index is 0.639. The number of furan rings is 1. The molecule has 0 aliphatic rings. The number of hydrogen-bond acceptors (Lipinski definition) is 4. The molecule has 0 radical (unpaired) electrons. The largest absolute Gasteiger partial charge is 0.456 e. The van der Waals surface area contributed by atoms with E-state index in [1.807, 2.05) is 72.8 Å². The van der Waals surface area contributed by atoms with Crippen LogP contribution in [0.4, 0.5) is 0 Å².